The molecule has 28 heavy (non-hydrogen) atoms. The molecule has 150 valence electrons. The lowest BCUT2D eigenvalue weighted by molar-refractivity contribution is -0.139. The smallest absolute Gasteiger partial charge is 0.355 e. The highest BCUT2D eigenvalue weighted by molar-refractivity contribution is 6.05. The molecule has 0 aliphatic carbocycles. The molecular formula is C21H24FNO5. The quantitative estimate of drug-likeness (QED) is 0.715. The topological polar surface area (TPSA) is 65.1 Å². The molecule has 0 aromatic heterocycles. The number of ether oxygens (including phenoxy) is 3. The molecule has 0 spiro atoms. The number of carbonyl (C=O) groups is 2. The van der Waals surface area contributed by atoms with Gasteiger partial charge in [0.2, 0.25) is 0 Å². The Labute approximate surface area is 163 Å². The molecule has 0 fully saturated rings. The van der Waals surface area contributed by atoms with E-state index in [9.17, 15) is 14.0 Å². The van der Waals surface area contributed by atoms with Crippen LogP contribution in [0.5, 0.6) is 5.75 Å². The molecule has 0 saturated heterocycles. The molecule has 0 N–H and O–H groups in total. The minimum atomic E-state index is -0.775. The minimum Gasteiger partial charge on any atom is -0.491 e. The molecular weight excluding hydrogens is 365 g/mol. The average molecular weight is 389 g/mol. The van der Waals surface area contributed by atoms with Gasteiger partial charge in [-0.25, -0.2) is 14.0 Å². The van der Waals surface area contributed by atoms with E-state index in [-0.39, 0.29) is 22.4 Å². The molecule has 0 atom stereocenters. The van der Waals surface area contributed by atoms with Gasteiger partial charge in [-0.1, -0.05) is 26.8 Å². The second kappa shape index (κ2) is 8.73. The zero-order chi connectivity index (χ0) is 20.9. The second-order valence-electron chi connectivity index (χ2n) is 7.28. The number of halogens is 1. The van der Waals surface area contributed by atoms with Crippen LogP contribution in [-0.4, -0.2) is 32.8 Å². The van der Waals surface area contributed by atoms with Crippen molar-refractivity contribution >= 4 is 17.6 Å². The van der Waals surface area contributed by atoms with E-state index in [0.717, 1.165) is 0 Å². The molecule has 0 saturated carbocycles. The Bertz CT molecular complexity index is 849. The summed E-state index contributed by atoms with van der Waals surface area (Å²) >= 11 is 0. The van der Waals surface area contributed by atoms with Gasteiger partial charge in [0.05, 0.1) is 32.1 Å². The minimum absolute atomic E-state index is 0.0228. The fourth-order valence-corrected chi connectivity index (χ4v) is 2.45. The maximum atomic E-state index is 14.1. The first kappa shape index (κ1) is 21.2. The number of anilines is 1. The second-order valence-corrected chi connectivity index (χ2v) is 7.28. The Hall–Kier alpha value is -3.09. The van der Waals surface area contributed by atoms with Crippen LogP contribution in [0.25, 0.3) is 0 Å². The standard InChI is InChI=1S/C21H24FNO5/c1-21(2,3)13-28-17-10-9-14(22)12-16(17)23-11-7-6-8-15(19(24)26-4)18(23)20(25)27-5/h6-12H,13H2,1-5H3. The van der Waals surface area contributed by atoms with Crippen LogP contribution < -0.4 is 9.64 Å². The van der Waals surface area contributed by atoms with Crippen LogP contribution in [0.3, 0.4) is 0 Å². The van der Waals surface area contributed by atoms with E-state index in [2.05, 4.69) is 0 Å². The van der Waals surface area contributed by atoms with Crippen LogP contribution in [0.4, 0.5) is 10.1 Å². The lowest BCUT2D eigenvalue weighted by Gasteiger charge is -2.26. The van der Waals surface area contributed by atoms with Crippen molar-refractivity contribution in [3.8, 4) is 5.75 Å². The van der Waals surface area contributed by atoms with Gasteiger partial charge < -0.3 is 19.1 Å². The highest BCUT2D eigenvalue weighted by Crippen LogP contribution is 2.35. The zero-order valence-corrected chi connectivity index (χ0v) is 16.6. The first-order valence-corrected chi connectivity index (χ1v) is 8.65. The van der Waals surface area contributed by atoms with Gasteiger partial charge in [0.25, 0.3) is 0 Å². The van der Waals surface area contributed by atoms with Gasteiger partial charge >= 0.3 is 11.9 Å². The summed E-state index contributed by atoms with van der Waals surface area (Å²) in [6.07, 6.45) is 6.14. The molecule has 0 unspecified atom stereocenters. The van der Waals surface area contributed by atoms with Gasteiger partial charge in [0.15, 0.2) is 0 Å². The third kappa shape index (κ3) is 5.00. The van der Waals surface area contributed by atoms with Crippen LogP contribution in [0, 0.1) is 11.2 Å². The molecule has 0 radical (unpaired) electrons. The summed E-state index contributed by atoms with van der Waals surface area (Å²) in [6.45, 7) is 6.37. The molecule has 1 aliphatic heterocycles. The van der Waals surface area contributed by atoms with Crippen molar-refractivity contribution in [3.63, 3.8) is 0 Å². The maximum Gasteiger partial charge on any atom is 0.355 e. The summed E-state index contributed by atoms with van der Waals surface area (Å²) in [5, 5.41) is 0. The zero-order valence-electron chi connectivity index (χ0n) is 16.6. The number of methoxy groups -OCH3 is 2. The van der Waals surface area contributed by atoms with Gasteiger partial charge in [-0.05, 0) is 29.7 Å². The summed E-state index contributed by atoms with van der Waals surface area (Å²) in [5.74, 6) is -1.66. The molecule has 1 heterocycles. The summed E-state index contributed by atoms with van der Waals surface area (Å²) in [4.78, 5) is 26.1. The van der Waals surface area contributed by atoms with Crippen LogP contribution in [0.2, 0.25) is 0 Å². The van der Waals surface area contributed by atoms with E-state index in [4.69, 9.17) is 14.2 Å². The monoisotopic (exact) mass is 389 g/mol. The van der Waals surface area contributed by atoms with Crippen molar-refractivity contribution in [1.82, 2.24) is 0 Å². The molecule has 6 nitrogen and oxygen atoms in total. The third-order valence-electron chi connectivity index (χ3n) is 3.73. The third-order valence-corrected chi connectivity index (χ3v) is 3.73. The van der Waals surface area contributed by atoms with Crippen LogP contribution in [0.1, 0.15) is 20.8 Å². The van der Waals surface area contributed by atoms with Crippen molar-refractivity contribution in [3.05, 3.63) is 59.7 Å². The van der Waals surface area contributed by atoms with Crippen molar-refractivity contribution in [2.75, 3.05) is 25.7 Å². The van der Waals surface area contributed by atoms with Crippen molar-refractivity contribution in [1.29, 1.82) is 0 Å². The van der Waals surface area contributed by atoms with Crippen molar-refractivity contribution < 1.29 is 28.2 Å². The molecule has 0 bridgehead atoms. The van der Waals surface area contributed by atoms with Crippen molar-refractivity contribution in [2.45, 2.75) is 20.8 Å². The van der Waals surface area contributed by atoms with Crippen LogP contribution in [-0.2, 0) is 19.1 Å². The summed E-state index contributed by atoms with van der Waals surface area (Å²) in [7, 11) is 2.41. The lowest BCUT2D eigenvalue weighted by atomic mass is 9.99. The molecule has 1 aliphatic rings. The fraction of sp³-hybridized carbons (Fsp3) is 0.333. The molecule has 7 heteroatoms. The summed E-state index contributed by atoms with van der Waals surface area (Å²) in [6, 6.07) is 3.98. The van der Waals surface area contributed by atoms with E-state index in [0.29, 0.717) is 12.4 Å². The SMILES string of the molecule is COC(=O)C1=C(C(=O)OC)N(c2cc(F)ccc2OCC(C)(C)C)C=CC=C1. The fourth-order valence-electron chi connectivity index (χ4n) is 2.45. The van der Waals surface area contributed by atoms with Crippen molar-refractivity contribution in [2.24, 2.45) is 5.41 Å². The predicted molar refractivity (Wildman–Crippen MR) is 103 cm³/mol. The lowest BCUT2D eigenvalue weighted by Crippen LogP contribution is -2.27. The van der Waals surface area contributed by atoms with Crippen LogP contribution >= 0.6 is 0 Å². The Kier molecular flexibility index (Phi) is 6.62. The van der Waals surface area contributed by atoms with E-state index in [1.807, 2.05) is 20.8 Å². The average Bonchev–Trinajstić information content (AvgIpc) is 2.87. The van der Waals surface area contributed by atoms with Gasteiger partial charge in [-0.2, -0.15) is 0 Å². The summed E-state index contributed by atoms with van der Waals surface area (Å²) in [5.41, 5.74) is -0.0121. The highest BCUT2D eigenvalue weighted by Gasteiger charge is 2.29. The summed E-state index contributed by atoms with van der Waals surface area (Å²) < 4.78 is 29.6. The van der Waals surface area contributed by atoms with E-state index in [1.165, 1.54) is 49.6 Å². The normalized spacial score (nSPS) is 14.0. The van der Waals surface area contributed by atoms with E-state index >= 15 is 0 Å². The predicted octanol–water partition coefficient (Wildman–Crippen LogP) is 3.74. The molecule has 1 aromatic carbocycles. The van der Waals surface area contributed by atoms with Gasteiger partial charge in [-0.15, -0.1) is 0 Å². The van der Waals surface area contributed by atoms with E-state index < -0.39 is 17.8 Å². The van der Waals surface area contributed by atoms with Gasteiger partial charge in [0, 0.05) is 12.3 Å². The van der Waals surface area contributed by atoms with Gasteiger partial charge in [0.1, 0.15) is 17.3 Å². The van der Waals surface area contributed by atoms with Gasteiger partial charge in [-0.3, -0.25) is 0 Å². The number of nitrogens with zero attached hydrogens (tertiary/aromatic N) is 1. The Morgan fingerprint density at radius 2 is 1.75 bits per heavy atom. The highest BCUT2D eigenvalue weighted by atomic mass is 19.1. The number of carbonyl (C=O) groups excluding carboxylic acids is 2. The number of rotatable bonds is 5. The number of esters is 2. The number of hydrogen-bond acceptors (Lipinski definition) is 6. The number of allylic oxidation sites excluding steroid dienone is 2. The molecule has 0 amide bonds. The number of benzene rings is 1. The molecule has 2 rings (SSSR count). The van der Waals surface area contributed by atoms with E-state index in [1.54, 1.807) is 12.2 Å². The Morgan fingerprint density at radius 1 is 1.07 bits per heavy atom. The Morgan fingerprint density at radius 3 is 2.36 bits per heavy atom. The first-order valence-electron chi connectivity index (χ1n) is 8.65. The maximum absolute atomic E-state index is 14.1. The van der Waals surface area contributed by atoms with Crippen LogP contribution in [0.15, 0.2) is 53.9 Å². The number of hydrogen-bond donors (Lipinski definition) is 0. The Balaban J connectivity index is 2.64. The first-order chi connectivity index (χ1) is 13.2. The largest absolute Gasteiger partial charge is 0.491 e. The molecule has 1 aromatic rings.